The van der Waals surface area contributed by atoms with Crippen LogP contribution in [-0.4, -0.2) is 259 Å². The second-order valence-corrected chi connectivity index (χ2v) is 29.6. The number of hydrogen-bond acceptors (Lipinski definition) is 22. The molecule has 0 aliphatic carbocycles. The fourth-order valence-electron chi connectivity index (χ4n) is 12.9. The molecule has 0 saturated carbocycles. The summed E-state index contributed by atoms with van der Waals surface area (Å²) >= 11 is 1.23. The van der Waals surface area contributed by atoms with Gasteiger partial charge in [-0.25, -0.2) is 4.98 Å². The number of nitrogens with zero attached hydrogens (tertiary/aromatic N) is 2. The molecule has 1 saturated heterocycles. The van der Waals surface area contributed by atoms with Crippen LogP contribution < -0.4 is 86.3 Å². The summed E-state index contributed by atoms with van der Waals surface area (Å²) in [6.45, 7) is 2.20. The summed E-state index contributed by atoms with van der Waals surface area (Å²) in [7, 11) is 0. The van der Waals surface area contributed by atoms with Crippen LogP contribution in [-0.2, 0) is 97.6 Å². The Morgan fingerprint density at radius 2 is 1.09 bits per heavy atom. The van der Waals surface area contributed by atoms with Crippen LogP contribution in [0.1, 0.15) is 107 Å². The van der Waals surface area contributed by atoms with Crippen molar-refractivity contribution < 1.29 is 92.3 Å². The number of likely N-dealkylation sites (tertiary alicyclic amines) is 1. The van der Waals surface area contributed by atoms with Crippen molar-refractivity contribution in [3.8, 4) is 5.75 Å². The molecular weight excluding hydrogens is 1560 g/mol. The van der Waals surface area contributed by atoms with Crippen molar-refractivity contribution in [2.24, 2.45) is 23.1 Å². The number of phenols is 1. The quantitative estimate of drug-likeness (QED) is 0.00991. The van der Waals surface area contributed by atoms with E-state index < -0.39 is 206 Å². The monoisotopic (exact) mass is 1660 g/mol. The Labute approximate surface area is 684 Å². The van der Waals surface area contributed by atoms with Crippen molar-refractivity contribution in [2.45, 2.75) is 183 Å². The number of guanidine groups is 1. The molecule has 0 unspecified atom stereocenters. The molecule has 2 aromatic heterocycles. The van der Waals surface area contributed by atoms with Crippen LogP contribution in [0, 0.1) is 11.3 Å². The third kappa shape index (κ3) is 30.8. The number of carboxylic acids is 1. The molecule has 1 aliphatic rings. The van der Waals surface area contributed by atoms with Crippen molar-refractivity contribution in [1.82, 2.24) is 89.0 Å². The first-order chi connectivity index (χ1) is 56.3. The molecule has 41 heteroatoms. The van der Waals surface area contributed by atoms with E-state index >= 15 is 14.4 Å². The predicted octanol–water partition coefficient (Wildman–Crippen LogP) is -4.54. The summed E-state index contributed by atoms with van der Waals surface area (Å²) in [5, 5.41) is 81.9. The molecule has 118 heavy (non-hydrogen) atoms. The summed E-state index contributed by atoms with van der Waals surface area (Å²) < 4.78 is 0. The van der Waals surface area contributed by atoms with Gasteiger partial charge in [-0.2, -0.15) is 11.8 Å². The van der Waals surface area contributed by atoms with E-state index in [1.807, 2.05) is 0 Å². The van der Waals surface area contributed by atoms with E-state index in [2.05, 4.69) is 84.1 Å². The number of thioether (sulfide) groups is 1. The first-order valence-corrected chi connectivity index (χ1v) is 39.9. The Morgan fingerprint density at radius 3 is 1.64 bits per heavy atom. The van der Waals surface area contributed by atoms with Crippen molar-refractivity contribution in [3.05, 3.63) is 120 Å². The molecule has 3 aromatic carbocycles. The number of aromatic nitrogens is 3. The van der Waals surface area contributed by atoms with Crippen molar-refractivity contribution in [2.75, 3.05) is 51.4 Å². The number of aromatic hydroxyl groups is 1. The normalized spacial score (nSPS) is 15.2. The SMILES string of the molecule is CSCC[C@H](NC(=O)[C@H](CO)NC(=O)[C@H](Cc1ccc(O)cc1)NC(=O)[C@@H](CO)NC(C)=O)C(=O)N[C@@H](CCC(=O)O)C(=O)N[C@@H](Cc1cnc[nH]1)C(=O)N[C@H](Cc1ccccc1)C(=O)N[C@@H](CCCNC(=N)N)C(=O)N[C@@H](Cc1c[nH]c2ccccc12)C(=O)NCC(=O)N[C@@H](CCCCN)C(=O)N1CCC[C@H]1C(=O)N[C@H](C(N)=O)C(C)C. The van der Waals surface area contributed by atoms with Gasteiger partial charge in [0.05, 0.1) is 26.1 Å². The van der Waals surface area contributed by atoms with Crippen LogP contribution in [0.25, 0.3) is 10.9 Å². The molecule has 3 heterocycles. The van der Waals surface area contributed by atoms with Crippen LogP contribution in [0.15, 0.2) is 97.6 Å². The number of carbonyl (C=O) groups is 15. The van der Waals surface area contributed by atoms with E-state index in [-0.39, 0.29) is 94.1 Å². The minimum atomic E-state index is -1.84. The minimum absolute atomic E-state index is 0.00491. The first-order valence-electron chi connectivity index (χ1n) is 38.5. The molecule has 5 aromatic rings. The van der Waals surface area contributed by atoms with Gasteiger partial charge in [-0.1, -0.05) is 74.5 Å². The number of nitrogens with two attached hydrogens (primary N) is 3. The highest BCUT2D eigenvalue weighted by Gasteiger charge is 2.41. The van der Waals surface area contributed by atoms with Gasteiger partial charge < -0.3 is 122 Å². The Kier molecular flexibility index (Phi) is 38.8. The Morgan fingerprint density at radius 1 is 0.576 bits per heavy atom. The van der Waals surface area contributed by atoms with Crippen LogP contribution >= 0.6 is 11.8 Å². The number of unbranched alkanes of at least 4 members (excludes halogenated alkanes) is 1. The zero-order valence-electron chi connectivity index (χ0n) is 66.0. The maximum atomic E-state index is 15.2. The third-order valence-corrected chi connectivity index (χ3v) is 19.9. The van der Waals surface area contributed by atoms with Gasteiger partial charge in [0, 0.05) is 81.1 Å². The molecule has 0 radical (unpaired) electrons. The molecular formula is C77H109N21O19S. The first kappa shape index (κ1) is 94.6. The van der Waals surface area contributed by atoms with Crippen LogP contribution in [0.4, 0.5) is 0 Å². The summed E-state index contributed by atoms with van der Waals surface area (Å²) in [5.41, 5.74) is 19.3. The summed E-state index contributed by atoms with van der Waals surface area (Å²) in [6.07, 6.45) is 4.64. The lowest BCUT2D eigenvalue weighted by atomic mass is 10.0. The van der Waals surface area contributed by atoms with Gasteiger partial charge >= 0.3 is 5.97 Å². The Bertz CT molecular complexity index is 4250. The number of carbonyl (C=O) groups excluding carboxylic acids is 14. The third-order valence-electron chi connectivity index (χ3n) is 19.2. The van der Waals surface area contributed by atoms with Crippen molar-refractivity contribution in [3.63, 3.8) is 0 Å². The smallest absolute Gasteiger partial charge is 0.303 e. The minimum Gasteiger partial charge on any atom is -0.508 e. The van der Waals surface area contributed by atoms with Gasteiger partial charge in [-0.3, -0.25) is 77.3 Å². The predicted molar refractivity (Wildman–Crippen MR) is 431 cm³/mol. The molecule has 1 aliphatic heterocycles. The Hall–Kier alpha value is -12.2. The van der Waals surface area contributed by atoms with Gasteiger partial charge in [0.2, 0.25) is 82.7 Å². The van der Waals surface area contributed by atoms with E-state index in [1.54, 1.807) is 80.9 Å². The number of aliphatic hydroxyl groups is 2. The molecule has 14 amide bonds. The molecule has 642 valence electrons. The lowest BCUT2D eigenvalue weighted by Gasteiger charge is -2.30. The maximum Gasteiger partial charge on any atom is 0.303 e. The second kappa shape index (κ2) is 48.3. The van der Waals surface area contributed by atoms with Gasteiger partial charge in [-0.15, -0.1) is 0 Å². The molecule has 0 bridgehead atoms. The topological polar surface area (TPSA) is 643 Å². The number of hydrogen-bond donors (Lipinski definition) is 23. The fourth-order valence-corrected chi connectivity index (χ4v) is 13.4. The lowest BCUT2D eigenvalue weighted by molar-refractivity contribution is -0.142. The number of carboxylic acid groups (broad SMARTS) is 1. The number of aromatic amines is 2. The zero-order chi connectivity index (χ0) is 86.5. The molecule has 12 atom stereocenters. The number of amides is 14. The van der Waals surface area contributed by atoms with Crippen LogP contribution in [0.2, 0.25) is 0 Å². The van der Waals surface area contributed by atoms with Crippen molar-refractivity contribution in [1.29, 1.82) is 5.41 Å². The van der Waals surface area contributed by atoms with Gasteiger partial charge in [0.25, 0.3) is 0 Å². The summed E-state index contributed by atoms with van der Waals surface area (Å²) in [6, 6.07) is 2.94. The number of nitrogens with one attached hydrogen (secondary N) is 16. The number of phenolic OH excluding ortho intramolecular Hbond substituents is 1. The molecule has 0 spiro atoms. The standard InChI is InChI=1S/C77H109N21O19S/c1-42(2)64(65(79)106)97-75(116)61-20-13-30-98(61)76(117)54(18-10-11-28-78)88-62(103)38-85-66(107)57(34-46-36-84-50-17-9-8-16-49(46)50)94-67(108)51(19-12-29-83-77(80)81)89-70(111)55(32-44-14-6-5-7-15-44)92-72(113)58(35-47-37-82-41-86-47)95-68(109)52(25-26-63(104)105)90-69(110)53(27-31-118-4)91-74(115)60(40-100)96-71(112)56(33-45-21-23-48(102)24-22-45)93-73(114)59(39-99)87-43(3)101/h5-9,14-17,21-24,36-37,41-42,51-61,64,84,99-100,102H,10-13,18-20,25-35,38-40,78H2,1-4H3,(H2,79,106)(H,82,86)(H,85,107)(H,87,101)(H,88,103)(H,89,111)(H,90,110)(H,91,115)(H,92,113)(H,93,114)(H,94,108)(H,95,109)(H,96,112)(H,97,116)(H,104,105)(H4,80,81,83)/t51-,52-,53-,54-,55+,56-,57-,58-,59+,60-,61-,64-/m0/s1. The number of para-hydroxylation sites is 1. The van der Waals surface area contributed by atoms with E-state index in [0.29, 0.717) is 46.9 Å². The van der Waals surface area contributed by atoms with Crippen LogP contribution in [0.3, 0.4) is 0 Å². The number of aliphatic hydroxyl groups excluding tert-OH is 2. The van der Waals surface area contributed by atoms with E-state index in [1.165, 1.54) is 53.5 Å². The van der Waals surface area contributed by atoms with E-state index in [9.17, 15) is 78.0 Å². The number of imidazole rings is 1. The largest absolute Gasteiger partial charge is 0.508 e. The van der Waals surface area contributed by atoms with Gasteiger partial charge in [0.15, 0.2) is 5.96 Å². The number of primary amides is 1. The maximum absolute atomic E-state index is 15.2. The average Bonchev–Trinajstić information content (AvgIpc) is 1.64. The van der Waals surface area contributed by atoms with Crippen molar-refractivity contribution >= 4 is 117 Å². The summed E-state index contributed by atoms with van der Waals surface area (Å²) in [5.74, 6) is -14.9. The molecule has 1 fully saturated rings. The number of fused-ring (bicyclic) bond motifs is 1. The van der Waals surface area contributed by atoms with E-state index in [4.69, 9.17) is 22.6 Å². The molecule has 26 N–H and O–H groups in total. The number of aliphatic carboxylic acids is 1. The highest BCUT2D eigenvalue weighted by Crippen LogP contribution is 2.23. The highest BCUT2D eigenvalue weighted by molar-refractivity contribution is 7.98. The molecule has 40 nitrogen and oxygen atoms in total. The zero-order valence-corrected chi connectivity index (χ0v) is 66.9. The lowest BCUT2D eigenvalue weighted by Crippen LogP contribution is -2.61. The number of H-pyrrole nitrogens is 2. The average molecular weight is 1660 g/mol. The number of rotatable bonds is 50. The summed E-state index contributed by atoms with van der Waals surface area (Å²) in [4.78, 5) is 220. The second-order valence-electron chi connectivity index (χ2n) is 28.7. The number of benzene rings is 3. The van der Waals surface area contributed by atoms with Gasteiger partial charge in [-0.05, 0) is 117 Å². The fraction of sp³-hybridized carbons (Fsp3) is 0.494. The highest BCUT2D eigenvalue weighted by atomic mass is 32.2. The van der Waals surface area contributed by atoms with E-state index in [0.717, 1.165) is 6.92 Å². The van der Waals surface area contributed by atoms with Gasteiger partial charge in [0.1, 0.15) is 78.3 Å². The molecule has 6 rings (SSSR count). The van der Waals surface area contributed by atoms with Crippen LogP contribution in [0.5, 0.6) is 5.75 Å². The Balaban J connectivity index is 1.25.